The van der Waals surface area contributed by atoms with Gasteiger partial charge in [0.1, 0.15) is 12.4 Å². The Kier molecular flexibility index (Phi) is 9.36. The lowest BCUT2D eigenvalue weighted by Crippen LogP contribution is -2.30. The molecule has 0 aromatic heterocycles. The third-order valence-corrected chi connectivity index (χ3v) is 8.69. The third-order valence-electron chi connectivity index (χ3n) is 8.69. The molecule has 6 heteroatoms. The van der Waals surface area contributed by atoms with Crippen molar-refractivity contribution >= 4 is 5.97 Å². The first-order valence-electron chi connectivity index (χ1n) is 14.5. The molecular weight excluding hydrogens is 480 g/mol. The Morgan fingerprint density at radius 3 is 2.76 bits per heavy atom. The van der Waals surface area contributed by atoms with Gasteiger partial charge in [0.2, 0.25) is 0 Å². The summed E-state index contributed by atoms with van der Waals surface area (Å²) in [5, 5.41) is 11.0. The number of ether oxygens (including phenoxy) is 4. The summed E-state index contributed by atoms with van der Waals surface area (Å²) in [4.78, 5) is 12.3. The van der Waals surface area contributed by atoms with E-state index in [1.54, 1.807) is 0 Å². The summed E-state index contributed by atoms with van der Waals surface area (Å²) in [6, 6.07) is 15.8. The van der Waals surface area contributed by atoms with Crippen molar-refractivity contribution in [1.82, 2.24) is 0 Å². The number of esters is 1. The fourth-order valence-corrected chi connectivity index (χ4v) is 6.64. The minimum atomic E-state index is -0.372. The quantitative estimate of drug-likeness (QED) is 0.386. The second-order valence-corrected chi connectivity index (χ2v) is 11.2. The molecule has 5 rings (SSSR count). The molecule has 6 nitrogen and oxygen atoms in total. The molecule has 6 atom stereocenters. The molecule has 206 valence electrons. The van der Waals surface area contributed by atoms with Gasteiger partial charge in [0.05, 0.1) is 12.2 Å². The SMILES string of the molecule is CC[C@@H](CC[C@@H]1[C@H]2Cc3cccc(OCC(=O)OCc4ccccc4)c3C[C@H]2C[C@H]1O)OC1CCCCO1. The third kappa shape index (κ3) is 6.77. The summed E-state index contributed by atoms with van der Waals surface area (Å²) in [7, 11) is 0. The maximum Gasteiger partial charge on any atom is 0.344 e. The van der Waals surface area contributed by atoms with Crippen molar-refractivity contribution in [3.8, 4) is 5.75 Å². The number of hydrogen-bond donors (Lipinski definition) is 1. The van der Waals surface area contributed by atoms with Crippen LogP contribution in [0, 0.1) is 17.8 Å². The normalized spacial score (nSPS) is 27.3. The lowest BCUT2D eigenvalue weighted by Gasteiger charge is -2.33. The van der Waals surface area contributed by atoms with Crippen LogP contribution >= 0.6 is 0 Å². The van der Waals surface area contributed by atoms with Gasteiger partial charge in [-0.25, -0.2) is 4.79 Å². The zero-order valence-corrected chi connectivity index (χ0v) is 22.6. The number of benzene rings is 2. The number of aliphatic hydroxyl groups is 1. The Hall–Kier alpha value is -2.41. The van der Waals surface area contributed by atoms with Crippen molar-refractivity contribution in [2.75, 3.05) is 13.2 Å². The lowest BCUT2D eigenvalue weighted by molar-refractivity contribution is -0.190. The fraction of sp³-hybridized carbons (Fsp3) is 0.594. The fourth-order valence-electron chi connectivity index (χ4n) is 6.64. The minimum absolute atomic E-state index is 0.0643. The van der Waals surface area contributed by atoms with E-state index < -0.39 is 0 Å². The first-order chi connectivity index (χ1) is 18.6. The van der Waals surface area contributed by atoms with Gasteiger partial charge in [-0.1, -0.05) is 49.4 Å². The molecule has 2 aliphatic carbocycles. The monoisotopic (exact) mass is 522 g/mol. The van der Waals surface area contributed by atoms with Crippen LogP contribution in [0.5, 0.6) is 5.75 Å². The second-order valence-electron chi connectivity index (χ2n) is 11.2. The Bertz CT molecular complexity index is 1030. The second kappa shape index (κ2) is 13.1. The van der Waals surface area contributed by atoms with Gasteiger partial charge in [0, 0.05) is 6.61 Å². The van der Waals surface area contributed by atoms with Crippen LogP contribution in [0.15, 0.2) is 48.5 Å². The average Bonchev–Trinajstić information content (AvgIpc) is 3.26. The van der Waals surface area contributed by atoms with Crippen LogP contribution < -0.4 is 4.74 Å². The molecule has 0 amide bonds. The van der Waals surface area contributed by atoms with Crippen molar-refractivity contribution < 1.29 is 28.8 Å². The number of aliphatic hydroxyl groups excluding tert-OH is 1. The molecule has 1 saturated heterocycles. The molecule has 0 spiro atoms. The van der Waals surface area contributed by atoms with Crippen LogP contribution in [0.1, 0.15) is 68.6 Å². The summed E-state index contributed by atoms with van der Waals surface area (Å²) < 4.78 is 23.4. The Balaban J connectivity index is 1.15. The smallest absolute Gasteiger partial charge is 0.344 e. The van der Waals surface area contributed by atoms with Crippen molar-refractivity contribution in [3.63, 3.8) is 0 Å². The van der Waals surface area contributed by atoms with Gasteiger partial charge in [0.15, 0.2) is 12.9 Å². The van der Waals surface area contributed by atoms with Gasteiger partial charge in [-0.15, -0.1) is 0 Å². The molecule has 2 aromatic rings. The number of carbonyl (C=O) groups excluding carboxylic acids is 1. The van der Waals surface area contributed by atoms with Crippen molar-refractivity contribution in [3.05, 3.63) is 65.2 Å². The molecule has 1 heterocycles. The van der Waals surface area contributed by atoms with Crippen LogP contribution in [0.3, 0.4) is 0 Å². The van der Waals surface area contributed by atoms with E-state index in [2.05, 4.69) is 13.0 Å². The molecule has 1 aliphatic heterocycles. The van der Waals surface area contributed by atoms with Crippen LogP contribution in [0.25, 0.3) is 0 Å². The van der Waals surface area contributed by atoms with Crippen molar-refractivity contribution in [2.24, 2.45) is 17.8 Å². The highest BCUT2D eigenvalue weighted by Crippen LogP contribution is 2.48. The maximum absolute atomic E-state index is 12.3. The molecule has 1 unspecified atom stereocenters. The van der Waals surface area contributed by atoms with E-state index in [0.29, 0.717) is 11.8 Å². The Labute approximate surface area is 226 Å². The van der Waals surface area contributed by atoms with Crippen LogP contribution in [-0.4, -0.2) is 42.8 Å². The van der Waals surface area contributed by atoms with E-state index in [4.69, 9.17) is 18.9 Å². The standard InChI is InChI=1S/C32H42O6/c1-2-25(38-32-13-6-7-16-35-32)14-15-26-27-17-23-11-8-12-30(28(23)18-24(27)19-29(26)33)36-21-31(34)37-20-22-9-4-3-5-10-22/h3-5,8-12,24-27,29,32-33H,2,6-7,13-21H2,1H3/t24-,25-,26+,27-,29+,32?/m0/s1. The molecule has 1 N–H and O–H groups in total. The van der Waals surface area contributed by atoms with E-state index in [9.17, 15) is 9.90 Å². The van der Waals surface area contributed by atoms with Gasteiger partial charge in [0.25, 0.3) is 0 Å². The summed E-state index contributed by atoms with van der Waals surface area (Å²) in [5.41, 5.74) is 3.42. The van der Waals surface area contributed by atoms with E-state index >= 15 is 0 Å². The zero-order valence-electron chi connectivity index (χ0n) is 22.6. The predicted molar refractivity (Wildman–Crippen MR) is 145 cm³/mol. The molecule has 0 bridgehead atoms. The van der Waals surface area contributed by atoms with Crippen LogP contribution in [0.2, 0.25) is 0 Å². The summed E-state index contributed by atoms with van der Waals surface area (Å²) in [6.45, 7) is 3.12. The average molecular weight is 523 g/mol. The lowest BCUT2D eigenvalue weighted by atomic mass is 9.73. The van der Waals surface area contributed by atoms with E-state index in [1.807, 2.05) is 42.5 Å². The largest absolute Gasteiger partial charge is 0.482 e. The number of fused-ring (bicyclic) bond motifs is 2. The van der Waals surface area contributed by atoms with E-state index in [0.717, 1.165) is 69.3 Å². The minimum Gasteiger partial charge on any atom is -0.482 e. The van der Waals surface area contributed by atoms with Gasteiger partial charge < -0.3 is 24.1 Å². The molecular formula is C32H42O6. The summed E-state index contributed by atoms with van der Waals surface area (Å²) in [5.74, 6) is 1.58. The molecule has 2 aromatic carbocycles. The summed E-state index contributed by atoms with van der Waals surface area (Å²) >= 11 is 0. The van der Waals surface area contributed by atoms with Crippen LogP contribution in [0.4, 0.5) is 0 Å². The number of carbonyl (C=O) groups is 1. The maximum atomic E-state index is 12.3. The van der Waals surface area contributed by atoms with Crippen molar-refractivity contribution in [1.29, 1.82) is 0 Å². The molecule has 3 aliphatic rings. The van der Waals surface area contributed by atoms with E-state index in [-0.39, 0.29) is 43.6 Å². The highest BCUT2D eigenvalue weighted by molar-refractivity contribution is 5.71. The molecule has 2 fully saturated rings. The van der Waals surface area contributed by atoms with Crippen molar-refractivity contribution in [2.45, 2.75) is 89.8 Å². The highest BCUT2D eigenvalue weighted by atomic mass is 16.7. The highest BCUT2D eigenvalue weighted by Gasteiger charge is 2.45. The summed E-state index contributed by atoms with van der Waals surface area (Å²) in [6.07, 6.45) is 8.68. The molecule has 0 radical (unpaired) electrons. The first kappa shape index (κ1) is 27.2. The van der Waals surface area contributed by atoms with Crippen LogP contribution in [-0.2, 0) is 38.5 Å². The van der Waals surface area contributed by atoms with Gasteiger partial charge in [-0.05, 0) is 98.3 Å². The predicted octanol–water partition coefficient (Wildman–Crippen LogP) is 5.62. The number of hydrogen-bond acceptors (Lipinski definition) is 6. The Morgan fingerprint density at radius 2 is 1.97 bits per heavy atom. The zero-order chi connectivity index (χ0) is 26.3. The number of rotatable bonds is 11. The molecule has 38 heavy (non-hydrogen) atoms. The van der Waals surface area contributed by atoms with E-state index in [1.165, 1.54) is 17.5 Å². The topological polar surface area (TPSA) is 74.2 Å². The van der Waals surface area contributed by atoms with Gasteiger partial charge in [-0.2, -0.15) is 0 Å². The molecule has 1 saturated carbocycles. The van der Waals surface area contributed by atoms with Gasteiger partial charge >= 0.3 is 5.97 Å². The first-order valence-corrected chi connectivity index (χ1v) is 14.5. The van der Waals surface area contributed by atoms with Gasteiger partial charge in [-0.3, -0.25) is 0 Å². The Morgan fingerprint density at radius 1 is 1.11 bits per heavy atom.